The second-order valence-corrected chi connectivity index (χ2v) is 10.2. The Balaban J connectivity index is 1.60. The van der Waals surface area contributed by atoms with Crippen molar-refractivity contribution in [1.82, 2.24) is 9.78 Å². The van der Waals surface area contributed by atoms with Crippen LogP contribution in [0, 0.1) is 17.2 Å². The van der Waals surface area contributed by atoms with Gasteiger partial charge in [0.25, 0.3) is 5.91 Å². The number of carbonyl (C=O) groups is 1. The first kappa shape index (κ1) is 20.5. The molecule has 1 saturated heterocycles. The fourth-order valence-corrected chi connectivity index (χ4v) is 4.89. The third-order valence-corrected chi connectivity index (χ3v) is 6.92. The quantitative estimate of drug-likeness (QED) is 0.737. The molecule has 2 fully saturated rings. The molecule has 166 valence electrons. The number of amides is 1. The smallest absolute Gasteiger partial charge is 0.250 e. The predicted molar refractivity (Wildman–Crippen MR) is 117 cm³/mol. The highest BCUT2D eigenvalue weighted by Gasteiger charge is 2.34. The van der Waals surface area contributed by atoms with Crippen molar-refractivity contribution in [3.05, 3.63) is 40.5 Å². The van der Waals surface area contributed by atoms with Crippen LogP contribution in [0.1, 0.15) is 66.8 Å². The largest absolute Gasteiger partial charge is 0.379 e. The summed E-state index contributed by atoms with van der Waals surface area (Å²) in [4.78, 5) is 12.0. The van der Waals surface area contributed by atoms with E-state index in [1.165, 1.54) is 24.5 Å². The molecule has 2 aromatic rings. The molecule has 1 aliphatic heterocycles. The van der Waals surface area contributed by atoms with Crippen LogP contribution in [0.2, 0.25) is 0 Å². The second kappa shape index (κ2) is 7.62. The van der Waals surface area contributed by atoms with Crippen LogP contribution in [-0.4, -0.2) is 34.9 Å². The Hall–Kier alpha value is -2.41. The highest BCUT2D eigenvalue weighted by molar-refractivity contribution is 5.99. The average Bonchev–Trinajstić information content (AvgIpc) is 3.25. The molecule has 6 nitrogen and oxygen atoms in total. The van der Waals surface area contributed by atoms with E-state index in [-0.39, 0.29) is 17.0 Å². The van der Waals surface area contributed by atoms with Gasteiger partial charge in [0.2, 0.25) is 0 Å². The van der Waals surface area contributed by atoms with Gasteiger partial charge in [-0.1, -0.05) is 13.8 Å². The number of carbonyl (C=O) groups excluding carboxylic acids is 1. The molecule has 1 aromatic heterocycles. The van der Waals surface area contributed by atoms with Crippen LogP contribution in [0.25, 0.3) is 5.69 Å². The van der Waals surface area contributed by atoms with Crippen LogP contribution in [0.3, 0.4) is 0 Å². The van der Waals surface area contributed by atoms with E-state index < -0.39 is 11.7 Å². The first-order valence-corrected chi connectivity index (χ1v) is 11.4. The first-order chi connectivity index (χ1) is 14.8. The Labute approximate surface area is 182 Å². The molecule has 2 heterocycles. The Morgan fingerprint density at radius 2 is 2.16 bits per heavy atom. The van der Waals surface area contributed by atoms with E-state index in [1.54, 1.807) is 10.7 Å². The molecule has 1 saturated carbocycles. The Bertz CT molecular complexity index is 1020. The predicted octanol–water partition coefficient (Wildman–Crippen LogP) is 3.78. The summed E-state index contributed by atoms with van der Waals surface area (Å²) in [5.74, 6) is -0.414. The number of hydrogen-bond donors (Lipinski definition) is 2. The van der Waals surface area contributed by atoms with E-state index in [4.69, 9.17) is 15.6 Å². The first-order valence-electron chi connectivity index (χ1n) is 11.4. The molecule has 0 spiro atoms. The molecule has 3 aliphatic rings. The summed E-state index contributed by atoms with van der Waals surface area (Å²) >= 11 is 0. The number of primary amides is 1. The number of nitrogens with two attached hydrogens (primary N) is 1. The molecule has 1 amide bonds. The number of aromatic nitrogens is 2. The molecular weight excluding hydrogens is 395 g/mol. The summed E-state index contributed by atoms with van der Waals surface area (Å²) in [5, 5.41) is 8.26. The molecule has 5 rings (SSSR count). The number of fused-ring (bicyclic) bond motifs is 1. The summed E-state index contributed by atoms with van der Waals surface area (Å²) in [7, 11) is 0. The summed E-state index contributed by atoms with van der Waals surface area (Å²) in [6, 6.07) is 3.02. The lowest BCUT2D eigenvalue weighted by atomic mass is 9.76. The third-order valence-electron chi connectivity index (χ3n) is 6.92. The molecule has 0 bridgehead atoms. The van der Waals surface area contributed by atoms with E-state index >= 15 is 4.39 Å². The molecule has 1 atom stereocenters. The Kier molecular flexibility index (Phi) is 5.04. The summed E-state index contributed by atoms with van der Waals surface area (Å²) < 4.78 is 22.6. The zero-order valence-electron chi connectivity index (χ0n) is 18.3. The maximum absolute atomic E-state index is 15.3. The van der Waals surface area contributed by atoms with Gasteiger partial charge in [-0.05, 0) is 74.0 Å². The Morgan fingerprint density at radius 3 is 2.84 bits per heavy atom. The number of nitrogens with zero attached hydrogens (tertiary/aromatic N) is 2. The van der Waals surface area contributed by atoms with Gasteiger partial charge >= 0.3 is 0 Å². The van der Waals surface area contributed by atoms with Crippen molar-refractivity contribution in [1.29, 1.82) is 0 Å². The molecule has 0 unspecified atom stereocenters. The van der Waals surface area contributed by atoms with Crippen molar-refractivity contribution in [2.75, 3.05) is 18.5 Å². The zero-order chi connectivity index (χ0) is 21.8. The lowest BCUT2D eigenvalue weighted by molar-refractivity contribution is 0.100. The van der Waals surface area contributed by atoms with E-state index in [9.17, 15) is 4.79 Å². The minimum absolute atomic E-state index is 0.0762. The van der Waals surface area contributed by atoms with Gasteiger partial charge in [0.05, 0.1) is 23.9 Å². The van der Waals surface area contributed by atoms with Crippen LogP contribution in [0.5, 0.6) is 0 Å². The van der Waals surface area contributed by atoms with Crippen molar-refractivity contribution >= 4 is 11.6 Å². The van der Waals surface area contributed by atoms with Gasteiger partial charge in [0.15, 0.2) is 0 Å². The van der Waals surface area contributed by atoms with Crippen LogP contribution in [0.4, 0.5) is 10.1 Å². The van der Waals surface area contributed by atoms with Gasteiger partial charge in [-0.3, -0.25) is 4.79 Å². The van der Waals surface area contributed by atoms with E-state index in [2.05, 4.69) is 19.2 Å². The lowest BCUT2D eigenvalue weighted by Gasteiger charge is -2.30. The zero-order valence-corrected chi connectivity index (χ0v) is 18.3. The molecule has 3 N–H and O–H groups in total. The van der Waals surface area contributed by atoms with E-state index in [1.807, 2.05) is 0 Å². The van der Waals surface area contributed by atoms with Gasteiger partial charge in [-0.15, -0.1) is 0 Å². The highest BCUT2D eigenvalue weighted by Crippen LogP contribution is 2.40. The Morgan fingerprint density at radius 1 is 1.35 bits per heavy atom. The number of benzene rings is 1. The van der Waals surface area contributed by atoms with Crippen molar-refractivity contribution < 1.29 is 13.9 Å². The molecule has 2 aliphatic carbocycles. The second-order valence-electron chi connectivity index (χ2n) is 10.2. The van der Waals surface area contributed by atoms with Gasteiger partial charge in [0.1, 0.15) is 11.5 Å². The number of halogens is 1. The number of anilines is 1. The maximum Gasteiger partial charge on any atom is 0.250 e. The summed E-state index contributed by atoms with van der Waals surface area (Å²) in [6.45, 7) is 5.74. The van der Waals surface area contributed by atoms with Crippen LogP contribution >= 0.6 is 0 Å². The summed E-state index contributed by atoms with van der Waals surface area (Å²) in [6.07, 6.45) is 7.27. The minimum atomic E-state index is -0.648. The number of rotatable bonds is 6. The third kappa shape index (κ3) is 4.07. The van der Waals surface area contributed by atoms with Crippen LogP contribution in [-0.2, 0) is 24.0 Å². The molecule has 31 heavy (non-hydrogen) atoms. The monoisotopic (exact) mass is 426 g/mol. The van der Waals surface area contributed by atoms with Gasteiger partial charge in [0, 0.05) is 18.0 Å². The fourth-order valence-electron chi connectivity index (χ4n) is 4.89. The number of hydrogen-bond acceptors (Lipinski definition) is 4. The van der Waals surface area contributed by atoms with Crippen molar-refractivity contribution in [3.63, 3.8) is 0 Å². The van der Waals surface area contributed by atoms with Gasteiger partial charge in [-0.2, -0.15) is 5.10 Å². The SMILES string of the molecule is CC1(C)CCc2c(CC3CC3)nn(-c3cc(N[C@@H]4CCOC4)c(C(N)=O)cc3F)c2C1. The standard InChI is InChI=1S/C24H31FN4O2/c1-24(2)7-5-16-20(9-14-3-4-14)28-29(22(16)12-24)21-11-19(27-15-6-8-31-13-15)17(23(26)30)10-18(21)25/h10-11,14-15,27H,3-9,12-13H2,1-2H3,(H2,26,30)/t15-/m1/s1. The highest BCUT2D eigenvalue weighted by atomic mass is 19.1. The molecule has 1 aromatic carbocycles. The maximum atomic E-state index is 15.3. The normalized spacial score (nSPS) is 22.4. The number of ether oxygens (including phenoxy) is 1. The van der Waals surface area contributed by atoms with Gasteiger partial charge < -0.3 is 15.8 Å². The molecule has 0 radical (unpaired) electrons. The average molecular weight is 427 g/mol. The number of nitrogens with one attached hydrogen (secondary N) is 1. The molecule has 7 heteroatoms. The van der Waals surface area contributed by atoms with E-state index in [0.29, 0.717) is 30.5 Å². The van der Waals surface area contributed by atoms with Gasteiger partial charge in [-0.25, -0.2) is 9.07 Å². The van der Waals surface area contributed by atoms with Crippen molar-refractivity contribution in [2.45, 2.75) is 64.8 Å². The van der Waals surface area contributed by atoms with E-state index in [0.717, 1.165) is 43.5 Å². The van der Waals surface area contributed by atoms with Crippen molar-refractivity contribution in [3.8, 4) is 5.69 Å². The lowest BCUT2D eigenvalue weighted by Crippen LogP contribution is -2.25. The van der Waals surface area contributed by atoms with Crippen LogP contribution < -0.4 is 11.1 Å². The van der Waals surface area contributed by atoms with Crippen LogP contribution in [0.15, 0.2) is 12.1 Å². The topological polar surface area (TPSA) is 82.2 Å². The fraction of sp³-hybridized carbons (Fsp3) is 0.583. The molecular formula is C24H31FN4O2. The summed E-state index contributed by atoms with van der Waals surface area (Å²) in [5.41, 5.74) is 10.3. The minimum Gasteiger partial charge on any atom is -0.379 e. The van der Waals surface area contributed by atoms with Crippen molar-refractivity contribution in [2.24, 2.45) is 17.1 Å².